The summed E-state index contributed by atoms with van der Waals surface area (Å²) in [7, 11) is -3.84. The molecule has 1 unspecified atom stereocenters. The van der Waals surface area contributed by atoms with Crippen LogP contribution in [0.3, 0.4) is 0 Å². The molecule has 33 heavy (non-hydrogen) atoms. The van der Waals surface area contributed by atoms with E-state index in [9.17, 15) is 23.2 Å². The average Bonchev–Trinajstić information content (AvgIpc) is 3.48. The zero-order valence-corrected chi connectivity index (χ0v) is 20.4. The summed E-state index contributed by atoms with van der Waals surface area (Å²) in [6.07, 6.45) is -0.355. The molecule has 2 N–H and O–H groups in total. The number of benzene rings is 1. The largest absolute Gasteiger partial charge is 0.338 e. The standard InChI is InChI=1S/C23H24N2O5S3/c1-16-2-4-17(5-3-16)19-6-7-20(32-19)23(14-21(26)24-28)9-10-25(11-13-33(23,29)30)22(27)18-8-12-31-15-18/h2-8,12,15,28H,9-11,13-14H2,1H3,(H,24,26). The number of nitrogens with one attached hydrogen (secondary N) is 1. The Morgan fingerprint density at radius 3 is 2.55 bits per heavy atom. The zero-order valence-electron chi connectivity index (χ0n) is 18.0. The van der Waals surface area contributed by atoms with Crippen LogP contribution < -0.4 is 5.48 Å². The third-order valence-electron chi connectivity index (χ3n) is 6.03. The van der Waals surface area contributed by atoms with Gasteiger partial charge in [0.05, 0.1) is 17.7 Å². The molecule has 0 bridgehead atoms. The first-order valence-corrected chi connectivity index (χ1v) is 13.8. The van der Waals surface area contributed by atoms with Gasteiger partial charge in [-0.3, -0.25) is 14.8 Å². The van der Waals surface area contributed by atoms with Crippen LogP contribution in [0.25, 0.3) is 10.4 Å². The second kappa shape index (κ2) is 9.38. The van der Waals surface area contributed by atoms with Crippen molar-refractivity contribution in [2.75, 3.05) is 18.8 Å². The van der Waals surface area contributed by atoms with E-state index in [-0.39, 0.29) is 31.2 Å². The molecule has 3 heterocycles. The first-order valence-electron chi connectivity index (χ1n) is 10.4. The monoisotopic (exact) mass is 504 g/mol. The molecule has 0 spiro atoms. The Morgan fingerprint density at radius 1 is 1.12 bits per heavy atom. The van der Waals surface area contributed by atoms with Gasteiger partial charge in [0.2, 0.25) is 5.91 Å². The fourth-order valence-electron chi connectivity index (χ4n) is 4.10. The normalized spacial score (nSPS) is 20.2. The molecule has 1 aromatic carbocycles. The Hall–Kier alpha value is -2.53. The molecule has 0 saturated carbocycles. The van der Waals surface area contributed by atoms with Crippen molar-refractivity contribution in [3.8, 4) is 10.4 Å². The Balaban J connectivity index is 1.73. The van der Waals surface area contributed by atoms with Gasteiger partial charge in [0.15, 0.2) is 9.84 Å². The smallest absolute Gasteiger partial charge is 0.254 e. The number of rotatable bonds is 5. The Morgan fingerprint density at radius 2 is 1.88 bits per heavy atom. The molecular weight excluding hydrogens is 480 g/mol. The van der Waals surface area contributed by atoms with Gasteiger partial charge in [0.25, 0.3) is 5.91 Å². The van der Waals surface area contributed by atoms with Crippen molar-refractivity contribution in [1.29, 1.82) is 0 Å². The molecule has 0 radical (unpaired) electrons. The van der Waals surface area contributed by atoms with Crippen LogP contribution in [0.2, 0.25) is 0 Å². The summed E-state index contributed by atoms with van der Waals surface area (Å²) in [6.45, 7) is 2.23. The zero-order chi connectivity index (χ0) is 23.6. The predicted molar refractivity (Wildman–Crippen MR) is 129 cm³/mol. The Labute approximate surface area is 200 Å². The summed E-state index contributed by atoms with van der Waals surface area (Å²) in [5, 5.41) is 12.7. The van der Waals surface area contributed by atoms with Gasteiger partial charge in [0.1, 0.15) is 4.75 Å². The molecule has 3 aromatic rings. The molecule has 174 valence electrons. The molecule has 10 heteroatoms. The van der Waals surface area contributed by atoms with Crippen LogP contribution in [0, 0.1) is 6.92 Å². The number of aryl methyl sites for hydroxylation is 1. The van der Waals surface area contributed by atoms with Crippen molar-refractivity contribution in [2.24, 2.45) is 0 Å². The third kappa shape index (κ3) is 4.61. The van der Waals surface area contributed by atoms with Gasteiger partial charge >= 0.3 is 0 Å². The fourth-order valence-corrected chi connectivity index (χ4v) is 8.34. The molecule has 1 aliphatic heterocycles. The SMILES string of the molecule is Cc1ccc(-c2ccc(C3(CC(=O)NO)CCN(C(=O)c4ccsc4)CCS3(=O)=O)s2)cc1. The number of hydrogen-bond donors (Lipinski definition) is 2. The van der Waals surface area contributed by atoms with Gasteiger partial charge in [-0.2, -0.15) is 11.3 Å². The number of sulfone groups is 1. The average molecular weight is 505 g/mol. The van der Waals surface area contributed by atoms with Crippen molar-refractivity contribution >= 4 is 44.3 Å². The molecule has 1 atom stereocenters. The molecule has 1 aliphatic rings. The summed E-state index contributed by atoms with van der Waals surface area (Å²) >= 11 is 2.73. The maximum atomic E-state index is 13.6. The van der Waals surface area contributed by atoms with E-state index < -0.39 is 26.9 Å². The summed E-state index contributed by atoms with van der Waals surface area (Å²) in [5.41, 5.74) is 4.19. The van der Waals surface area contributed by atoms with E-state index in [4.69, 9.17) is 0 Å². The van der Waals surface area contributed by atoms with Crippen molar-refractivity contribution in [3.05, 3.63) is 69.2 Å². The summed E-state index contributed by atoms with van der Waals surface area (Å²) in [4.78, 5) is 28.1. The molecule has 1 saturated heterocycles. The van der Waals surface area contributed by atoms with Gasteiger partial charge in [-0.05, 0) is 42.5 Å². The van der Waals surface area contributed by atoms with E-state index in [0.717, 1.165) is 16.0 Å². The lowest BCUT2D eigenvalue weighted by Gasteiger charge is -2.30. The molecule has 2 aromatic heterocycles. The van der Waals surface area contributed by atoms with Crippen LogP contribution in [0.5, 0.6) is 0 Å². The van der Waals surface area contributed by atoms with Gasteiger partial charge in [0, 0.05) is 28.2 Å². The minimum atomic E-state index is -3.84. The Kier molecular flexibility index (Phi) is 6.71. The topological polar surface area (TPSA) is 104 Å². The highest BCUT2D eigenvalue weighted by Gasteiger charge is 2.49. The van der Waals surface area contributed by atoms with Crippen LogP contribution >= 0.6 is 22.7 Å². The number of carbonyl (C=O) groups excluding carboxylic acids is 2. The number of thiophene rings is 2. The number of carbonyl (C=O) groups is 2. The summed E-state index contributed by atoms with van der Waals surface area (Å²) in [5.74, 6) is -1.26. The van der Waals surface area contributed by atoms with E-state index in [1.54, 1.807) is 28.4 Å². The highest BCUT2D eigenvalue weighted by molar-refractivity contribution is 7.92. The first-order chi connectivity index (χ1) is 15.8. The van der Waals surface area contributed by atoms with E-state index in [1.165, 1.54) is 27.6 Å². The van der Waals surface area contributed by atoms with Crippen molar-refractivity contribution in [3.63, 3.8) is 0 Å². The number of hydroxylamine groups is 1. The third-order valence-corrected chi connectivity index (χ3v) is 10.7. The number of nitrogens with zero attached hydrogens (tertiary/aromatic N) is 1. The first kappa shape index (κ1) is 23.6. The van der Waals surface area contributed by atoms with E-state index in [0.29, 0.717) is 10.4 Å². The quantitative estimate of drug-likeness (QED) is 0.406. The van der Waals surface area contributed by atoms with Gasteiger partial charge in [-0.15, -0.1) is 11.3 Å². The highest BCUT2D eigenvalue weighted by Crippen LogP contribution is 2.45. The van der Waals surface area contributed by atoms with Crippen molar-refractivity contribution in [2.45, 2.75) is 24.5 Å². The van der Waals surface area contributed by atoms with Gasteiger partial charge < -0.3 is 4.90 Å². The lowest BCUT2D eigenvalue weighted by Crippen LogP contribution is -2.41. The van der Waals surface area contributed by atoms with Crippen LogP contribution in [-0.2, 0) is 19.4 Å². The van der Waals surface area contributed by atoms with Gasteiger partial charge in [-0.1, -0.05) is 29.8 Å². The van der Waals surface area contributed by atoms with Gasteiger partial charge in [-0.25, -0.2) is 13.9 Å². The molecule has 4 rings (SSSR count). The summed E-state index contributed by atoms with van der Waals surface area (Å²) in [6, 6.07) is 13.2. The molecule has 2 amide bonds. The van der Waals surface area contributed by atoms with E-state index >= 15 is 0 Å². The lowest BCUT2D eigenvalue weighted by molar-refractivity contribution is -0.129. The molecule has 7 nitrogen and oxygen atoms in total. The second-order valence-corrected chi connectivity index (χ2v) is 12.4. The summed E-state index contributed by atoms with van der Waals surface area (Å²) < 4.78 is 25.7. The predicted octanol–water partition coefficient (Wildman–Crippen LogP) is 3.84. The molecule has 1 fully saturated rings. The fraction of sp³-hybridized carbons (Fsp3) is 0.304. The maximum Gasteiger partial charge on any atom is 0.254 e. The van der Waals surface area contributed by atoms with Crippen molar-refractivity contribution in [1.82, 2.24) is 10.4 Å². The van der Waals surface area contributed by atoms with Crippen LogP contribution in [0.1, 0.15) is 33.6 Å². The highest BCUT2D eigenvalue weighted by atomic mass is 32.2. The Bertz CT molecular complexity index is 1250. The van der Waals surface area contributed by atoms with Crippen LogP contribution in [-0.4, -0.2) is 49.2 Å². The minimum absolute atomic E-state index is 0.0513. The lowest BCUT2D eigenvalue weighted by atomic mass is 9.97. The minimum Gasteiger partial charge on any atom is -0.338 e. The second-order valence-electron chi connectivity index (χ2n) is 8.11. The molecule has 0 aliphatic carbocycles. The van der Waals surface area contributed by atoms with Crippen LogP contribution in [0.15, 0.2) is 53.2 Å². The maximum absolute atomic E-state index is 13.6. The van der Waals surface area contributed by atoms with E-state index in [1.807, 2.05) is 37.3 Å². The molecular formula is C23H24N2O5S3. The van der Waals surface area contributed by atoms with E-state index in [2.05, 4.69) is 0 Å². The number of amides is 2. The van der Waals surface area contributed by atoms with Crippen LogP contribution in [0.4, 0.5) is 0 Å². The van der Waals surface area contributed by atoms with Crippen molar-refractivity contribution < 1.29 is 23.2 Å². The number of hydrogen-bond acceptors (Lipinski definition) is 7.